The SMILES string of the molecule is CC[C@H](C)[C@@H]([C@@H](CC(=O)N1CCC[C@H]1[C@H](OC)[C@@H](C)C(=O)N[C@@H](Cc1ccccc1)c1nccs1)OC)N(C)C(=O)[C@@H](CC(=O)[C@H](C(C)C)N(C)CCCCN)C(C)C. The van der Waals surface area contributed by atoms with Crippen LogP contribution in [0.5, 0.6) is 0 Å². The number of nitrogens with zero attached hydrogens (tertiary/aromatic N) is 4. The van der Waals surface area contributed by atoms with E-state index in [1.807, 2.05) is 68.4 Å². The molecule has 13 heteroatoms. The average Bonchev–Trinajstić information content (AvgIpc) is 3.93. The van der Waals surface area contributed by atoms with Gasteiger partial charge in [-0.25, -0.2) is 4.98 Å². The third-order valence-corrected chi connectivity index (χ3v) is 13.4. The summed E-state index contributed by atoms with van der Waals surface area (Å²) in [6, 6.07) is 8.72. The molecule has 2 heterocycles. The lowest BCUT2D eigenvalue weighted by Crippen LogP contribution is -2.54. The second-order valence-electron chi connectivity index (χ2n) is 17.4. The molecule has 1 aromatic carbocycles. The Morgan fingerprint density at radius 2 is 1.68 bits per heavy atom. The minimum absolute atomic E-state index is 0.00814. The molecule has 1 saturated heterocycles. The highest BCUT2D eigenvalue weighted by molar-refractivity contribution is 7.09. The van der Waals surface area contributed by atoms with Crippen LogP contribution in [0.2, 0.25) is 0 Å². The van der Waals surface area contributed by atoms with Gasteiger partial charge in [-0.05, 0) is 75.6 Å². The summed E-state index contributed by atoms with van der Waals surface area (Å²) >= 11 is 1.51. The van der Waals surface area contributed by atoms with Crippen LogP contribution in [0.3, 0.4) is 0 Å². The molecule has 59 heavy (non-hydrogen) atoms. The molecule has 3 rings (SSSR count). The van der Waals surface area contributed by atoms with E-state index >= 15 is 0 Å². The number of nitrogens with two attached hydrogens (primary N) is 1. The number of hydrogen-bond donors (Lipinski definition) is 2. The number of thiazole rings is 1. The van der Waals surface area contributed by atoms with Crippen LogP contribution in [-0.2, 0) is 35.1 Å². The molecule has 332 valence electrons. The van der Waals surface area contributed by atoms with Gasteiger partial charge >= 0.3 is 0 Å². The van der Waals surface area contributed by atoms with Gasteiger partial charge in [-0.1, -0.05) is 85.2 Å². The first kappa shape index (κ1) is 50.1. The first-order valence-electron chi connectivity index (χ1n) is 21.9. The zero-order valence-electron chi connectivity index (χ0n) is 37.9. The van der Waals surface area contributed by atoms with Crippen molar-refractivity contribution in [3.63, 3.8) is 0 Å². The van der Waals surface area contributed by atoms with Crippen LogP contribution in [0, 0.1) is 29.6 Å². The van der Waals surface area contributed by atoms with Gasteiger partial charge in [0.25, 0.3) is 0 Å². The fourth-order valence-corrected chi connectivity index (χ4v) is 9.73. The Hall–Kier alpha value is -3.23. The summed E-state index contributed by atoms with van der Waals surface area (Å²) in [5.41, 5.74) is 6.82. The molecule has 0 spiro atoms. The third-order valence-electron chi connectivity index (χ3n) is 12.6. The molecule has 0 aliphatic carbocycles. The Morgan fingerprint density at radius 1 is 0.983 bits per heavy atom. The lowest BCUT2D eigenvalue weighted by Gasteiger charge is -2.41. The van der Waals surface area contributed by atoms with E-state index in [1.54, 1.807) is 32.4 Å². The Balaban J connectivity index is 1.78. The molecule has 3 N–H and O–H groups in total. The molecule has 0 radical (unpaired) electrons. The van der Waals surface area contributed by atoms with Crippen LogP contribution in [0.4, 0.5) is 0 Å². The van der Waals surface area contributed by atoms with Gasteiger partial charge in [0.1, 0.15) is 5.01 Å². The van der Waals surface area contributed by atoms with Gasteiger partial charge in [0.05, 0.1) is 48.7 Å². The first-order valence-corrected chi connectivity index (χ1v) is 22.8. The van der Waals surface area contributed by atoms with Crippen molar-refractivity contribution in [1.82, 2.24) is 25.0 Å². The number of hydrogen-bond acceptors (Lipinski definition) is 10. The Bertz CT molecular complexity index is 1560. The summed E-state index contributed by atoms with van der Waals surface area (Å²) in [5.74, 6) is -1.34. The van der Waals surface area contributed by atoms with Crippen molar-refractivity contribution in [2.75, 3.05) is 47.9 Å². The lowest BCUT2D eigenvalue weighted by atomic mass is 9.83. The van der Waals surface area contributed by atoms with Crippen molar-refractivity contribution in [3.05, 3.63) is 52.5 Å². The van der Waals surface area contributed by atoms with Gasteiger partial charge in [-0.15, -0.1) is 11.3 Å². The molecule has 0 bridgehead atoms. The molecule has 1 aliphatic rings. The number of rotatable bonds is 26. The van der Waals surface area contributed by atoms with E-state index in [0.29, 0.717) is 25.9 Å². The van der Waals surface area contributed by atoms with Crippen molar-refractivity contribution >= 4 is 34.8 Å². The Labute approximate surface area is 359 Å². The molecule has 9 atom stereocenters. The maximum atomic E-state index is 14.5. The van der Waals surface area contributed by atoms with Crippen LogP contribution in [0.1, 0.15) is 110 Å². The number of carbonyl (C=O) groups is 4. The maximum absolute atomic E-state index is 14.5. The standard InChI is InChI=1S/C46H76N6O6S/c1-12-32(6)42(51(9)46(56)35(30(2)3)28-38(53)41(31(4)5)50(8)24-17-16-22-47)39(57-10)29-40(54)52-25-18-21-37(52)43(58-11)33(7)44(55)49-36(45-48-23-26-59-45)27-34-19-14-13-15-20-34/h13-15,19-20,23,26,30-33,35-37,39,41-43H,12,16-18,21-22,24-25,27-29,47H2,1-11H3,(H,49,55)/t32-,33+,35-,36-,37-,39+,41-,42-,43+/m0/s1. The number of likely N-dealkylation sites (N-methyl/N-ethyl adjacent to an activating group) is 2. The van der Waals surface area contributed by atoms with E-state index in [2.05, 4.69) is 42.9 Å². The topological polar surface area (TPSA) is 147 Å². The first-order chi connectivity index (χ1) is 28.1. The highest BCUT2D eigenvalue weighted by Gasteiger charge is 2.43. The molecule has 0 saturated carbocycles. The minimum atomic E-state index is -0.591. The number of methoxy groups -OCH3 is 2. The quantitative estimate of drug-likeness (QED) is 0.103. The Kier molecular flexibility index (Phi) is 21.1. The summed E-state index contributed by atoms with van der Waals surface area (Å²) in [6.45, 7) is 16.1. The normalized spacial score (nSPS) is 18.6. The molecule has 3 amide bonds. The number of Topliss-reactive ketones (excluding diaryl/α,β-unsaturated/α-hetero) is 1. The molecular weight excluding hydrogens is 765 g/mol. The summed E-state index contributed by atoms with van der Waals surface area (Å²) in [6.07, 6.45) is 5.49. The fourth-order valence-electron chi connectivity index (χ4n) is 9.04. The number of ketones is 1. The zero-order valence-corrected chi connectivity index (χ0v) is 38.7. The predicted molar refractivity (Wildman–Crippen MR) is 237 cm³/mol. The van der Waals surface area contributed by atoms with Crippen LogP contribution in [0.25, 0.3) is 0 Å². The number of carbonyl (C=O) groups excluding carboxylic acids is 4. The van der Waals surface area contributed by atoms with Crippen molar-refractivity contribution in [1.29, 1.82) is 0 Å². The zero-order chi connectivity index (χ0) is 43.8. The number of unbranched alkanes of at least 4 members (excludes halogenated alkanes) is 1. The number of benzene rings is 1. The Morgan fingerprint density at radius 3 is 2.24 bits per heavy atom. The highest BCUT2D eigenvalue weighted by atomic mass is 32.1. The smallest absolute Gasteiger partial charge is 0.226 e. The van der Waals surface area contributed by atoms with Gasteiger partial charge < -0.3 is 30.3 Å². The van der Waals surface area contributed by atoms with Gasteiger partial charge in [-0.2, -0.15) is 0 Å². The summed E-state index contributed by atoms with van der Waals surface area (Å²) < 4.78 is 12.2. The molecule has 1 fully saturated rings. The van der Waals surface area contributed by atoms with E-state index < -0.39 is 30.1 Å². The van der Waals surface area contributed by atoms with Gasteiger partial charge in [0.2, 0.25) is 17.7 Å². The van der Waals surface area contributed by atoms with Crippen LogP contribution >= 0.6 is 11.3 Å². The predicted octanol–water partition coefficient (Wildman–Crippen LogP) is 6.39. The van der Waals surface area contributed by atoms with Crippen molar-refractivity contribution in [3.8, 4) is 0 Å². The van der Waals surface area contributed by atoms with Crippen molar-refractivity contribution < 1.29 is 28.7 Å². The highest BCUT2D eigenvalue weighted by Crippen LogP contribution is 2.32. The molecular formula is C46H76N6O6S. The molecule has 0 unspecified atom stereocenters. The number of likely N-dealkylation sites (tertiary alicyclic amines) is 1. The van der Waals surface area contributed by atoms with Crippen molar-refractivity contribution in [2.24, 2.45) is 35.3 Å². The molecule has 1 aromatic heterocycles. The number of ether oxygens (including phenoxy) is 2. The third kappa shape index (κ3) is 13.9. The van der Waals surface area contributed by atoms with Crippen molar-refractivity contribution in [2.45, 2.75) is 136 Å². The van der Waals surface area contributed by atoms with E-state index in [-0.39, 0.29) is 72.2 Å². The second kappa shape index (κ2) is 24.9. The molecule has 1 aliphatic heterocycles. The summed E-state index contributed by atoms with van der Waals surface area (Å²) in [5, 5.41) is 5.99. The lowest BCUT2D eigenvalue weighted by molar-refractivity contribution is -0.149. The van der Waals surface area contributed by atoms with Gasteiger partial charge in [-0.3, -0.25) is 24.1 Å². The van der Waals surface area contributed by atoms with E-state index in [1.165, 1.54) is 11.3 Å². The monoisotopic (exact) mass is 841 g/mol. The average molecular weight is 841 g/mol. The van der Waals surface area contributed by atoms with Crippen LogP contribution in [-0.4, -0.2) is 121 Å². The van der Waals surface area contributed by atoms with Crippen LogP contribution in [0.15, 0.2) is 41.9 Å². The summed E-state index contributed by atoms with van der Waals surface area (Å²) in [7, 11) is 6.99. The minimum Gasteiger partial charge on any atom is -0.379 e. The molecule has 12 nitrogen and oxygen atoms in total. The van der Waals surface area contributed by atoms with Gasteiger partial charge in [0.15, 0.2) is 5.78 Å². The van der Waals surface area contributed by atoms with E-state index in [4.69, 9.17) is 15.2 Å². The number of aromatic nitrogens is 1. The maximum Gasteiger partial charge on any atom is 0.226 e. The van der Waals surface area contributed by atoms with E-state index in [0.717, 1.165) is 42.8 Å². The molecule has 2 aromatic rings. The van der Waals surface area contributed by atoms with Gasteiger partial charge in [0, 0.05) is 51.7 Å². The van der Waals surface area contributed by atoms with Crippen LogP contribution < -0.4 is 11.1 Å². The second-order valence-corrected chi connectivity index (χ2v) is 18.3. The number of amides is 3. The summed E-state index contributed by atoms with van der Waals surface area (Å²) in [4.78, 5) is 67.1. The fraction of sp³-hybridized carbons (Fsp3) is 0.717. The van der Waals surface area contributed by atoms with E-state index in [9.17, 15) is 19.2 Å². The largest absolute Gasteiger partial charge is 0.379 e. The number of nitrogens with one attached hydrogen (secondary N) is 1.